The van der Waals surface area contributed by atoms with Crippen LogP contribution in [0, 0.1) is 13.8 Å². The Hall–Kier alpha value is -3.47. The molecular weight excluding hydrogens is 338 g/mol. The van der Waals surface area contributed by atoms with Gasteiger partial charge < -0.3 is 10.6 Å². The first kappa shape index (κ1) is 18.3. The van der Waals surface area contributed by atoms with Crippen LogP contribution in [-0.4, -0.2) is 16.7 Å². The van der Waals surface area contributed by atoms with Gasteiger partial charge in [-0.3, -0.25) is 14.6 Å². The highest BCUT2D eigenvalue weighted by Gasteiger charge is 2.10. The number of nitrogens with one attached hydrogen (secondary N) is 2. The third kappa shape index (κ3) is 4.58. The van der Waals surface area contributed by atoms with E-state index in [1.54, 1.807) is 36.5 Å². The molecule has 5 nitrogen and oxygen atoms in total. The Bertz CT molecular complexity index is 1010. The molecule has 0 aliphatic carbocycles. The zero-order valence-corrected chi connectivity index (χ0v) is 15.5. The Labute approximate surface area is 158 Å². The number of carbonyl (C=O) groups is 2. The number of carbonyl (C=O) groups excluding carboxylic acids is 2. The number of hydrogen-bond donors (Lipinski definition) is 2. The van der Waals surface area contributed by atoms with E-state index in [-0.39, 0.29) is 17.4 Å². The lowest BCUT2D eigenvalue weighted by molar-refractivity contribution is 0.100. The maximum atomic E-state index is 12.5. The van der Waals surface area contributed by atoms with Crippen LogP contribution < -0.4 is 10.6 Å². The molecule has 0 saturated heterocycles. The number of ketones is 1. The quantitative estimate of drug-likeness (QED) is 0.636. The second-order valence-corrected chi connectivity index (χ2v) is 6.46. The van der Waals surface area contributed by atoms with Crippen molar-refractivity contribution >= 4 is 28.8 Å². The van der Waals surface area contributed by atoms with E-state index >= 15 is 0 Å². The van der Waals surface area contributed by atoms with E-state index in [0.717, 1.165) is 16.9 Å². The summed E-state index contributed by atoms with van der Waals surface area (Å²) in [6, 6.07) is 16.5. The Kier molecular flexibility index (Phi) is 5.31. The normalized spacial score (nSPS) is 10.3. The van der Waals surface area contributed by atoms with Gasteiger partial charge in [0.15, 0.2) is 5.78 Å². The molecule has 3 rings (SSSR count). The van der Waals surface area contributed by atoms with Gasteiger partial charge in [0.2, 0.25) is 0 Å². The summed E-state index contributed by atoms with van der Waals surface area (Å²) in [5, 5.41) is 6.10. The molecule has 1 heterocycles. The Balaban J connectivity index is 1.77. The molecule has 0 radical (unpaired) electrons. The minimum absolute atomic E-state index is 0.0520. The minimum atomic E-state index is -0.333. The third-order valence-electron chi connectivity index (χ3n) is 4.18. The topological polar surface area (TPSA) is 71.1 Å². The smallest absolute Gasteiger partial charge is 0.274 e. The Morgan fingerprint density at radius 2 is 1.74 bits per heavy atom. The van der Waals surface area contributed by atoms with Crippen molar-refractivity contribution in [1.29, 1.82) is 0 Å². The van der Waals surface area contributed by atoms with E-state index in [4.69, 9.17) is 0 Å². The number of aryl methyl sites for hydroxylation is 2. The second-order valence-electron chi connectivity index (χ2n) is 6.46. The number of nitrogens with zero attached hydrogens (tertiary/aromatic N) is 1. The predicted molar refractivity (Wildman–Crippen MR) is 108 cm³/mol. The molecule has 136 valence electrons. The van der Waals surface area contributed by atoms with Crippen LogP contribution >= 0.6 is 0 Å². The highest BCUT2D eigenvalue weighted by molar-refractivity contribution is 6.04. The van der Waals surface area contributed by atoms with Crippen LogP contribution in [0.1, 0.15) is 38.9 Å². The number of rotatable bonds is 5. The van der Waals surface area contributed by atoms with Crippen LogP contribution in [-0.2, 0) is 0 Å². The average Bonchev–Trinajstić information content (AvgIpc) is 2.64. The standard InChI is InChI=1S/C22H21N3O2/c1-14-7-8-20(15(2)11-14)24-19-9-10-23-21(13-19)22(27)25-18-6-4-5-17(12-18)16(3)26/h4-13H,1-3H3,(H,23,24)(H,25,27). The zero-order valence-electron chi connectivity index (χ0n) is 15.5. The van der Waals surface area contributed by atoms with Crippen molar-refractivity contribution in [1.82, 2.24) is 4.98 Å². The van der Waals surface area contributed by atoms with Gasteiger partial charge in [-0.25, -0.2) is 0 Å². The molecule has 27 heavy (non-hydrogen) atoms. The van der Waals surface area contributed by atoms with Gasteiger partial charge >= 0.3 is 0 Å². The van der Waals surface area contributed by atoms with Gasteiger partial charge in [0.05, 0.1) is 0 Å². The van der Waals surface area contributed by atoms with Crippen molar-refractivity contribution in [3.8, 4) is 0 Å². The van der Waals surface area contributed by atoms with Gasteiger partial charge in [0.25, 0.3) is 5.91 Å². The summed E-state index contributed by atoms with van der Waals surface area (Å²) >= 11 is 0. The molecule has 0 spiro atoms. The van der Waals surface area contributed by atoms with E-state index in [2.05, 4.69) is 21.7 Å². The summed E-state index contributed by atoms with van der Waals surface area (Å²) in [7, 11) is 0. The number of Topliss-reactive ketones (excluding diaryl/α,β-unsaturated/α-hetero) is 1. The molecular formula is C22H21N3O2. The second kappa shape index (κ2) is 7.83. The lowest BCUT2D eigenvalue weighted by Crippen LogP contribution is -2.14. The first-order valence-corrected chi connectivity index (χ1v) is 8.65. The minimum Gasteiger partial charge on any atom is -0.355 e. The van der Waals surface area contributed by atoms with Crippen molar-refractivity contribution in [2.75, 3.05) is 10.6 Å². The summed E-state index contributed by atoms with van der Waals surface area (Å²) in [4.78, 5) is 28.2. The molecule has 0 saturated carbocycles. The largest absolute Gasteiger partial charge is 0.355 e. The molecule has 1 amide bonds. The lowest BCUT2D eigenvalue weighted by atomic mass is 10.1. The van der Waals surface area contributed by atoms with E-state index < -0.39 is 0 Å². The van der Waals surface area contributed by atoms with Gasteiger partial charge in [-0.1, -0.05) is 29.8 Å². The maximum Gasteiger partial charge on any atom is 0.274 e. The summed E-state index contributed by atoms with van der Waals surface area (Å²) in [5.74, 6) is -0.385. The van der Waals surface area contributed by atoms with Crippen LogP contribution in [0.5, 0.6) is 0 Å². The molecule has 1 aromatic heterocycles. The van der Waals surface area contributed by atoms with Gasteiger partial charge in [0.1, 0.15) is 5.69 Å². The molecule has 0 fully saturated rings. The van der Waals surface area contributed by atoms with Gasteiger partial charge in [-0.05, 0) is 56.7 Å². The fourth-order valence-electron chi connectivity index (χ4n) is 2.75. The first-order valence-electron chi connectivity index (χ1n) is 8.65. The Morgan fingerprint density at radius 1 is 0.926 bits per heavy atom. The van der Waals surface area contributed by atoms with Crippen molar-refractivity contribution in [2.24, 2.45) is 0 Å². The van der Waals surface area contributed by atoms with E-state index in [0.29, 0.717) is 11.3 Å². The third-order valence-corrected chi connectivity index (χ3v) is 4.18. The predicted octanol–water partition coefficient (Wildman–Crippen LogP) is 4.90. The van der Waals surface area contributed by atoms with Crippen molar-refractivity contribution in [2.45, 2.75) is 20.8 Å². The van der Waals surface area contributed by atoms with Gasteiger partial charge in [0, 0.05) is 28.8 Å². The lowest BCUT2D eigenvalue weighted by Gasteiger charge is -2.11. The van der Waals surface area contributed by atoms with Crippen LogP contribution in [0.25, 0.3) is 0 Å². The molecule has 2 N–H and O–H groups in total. The number of benzene rings is 2. The summed E-state index contributed by atoms with van der Waals surface area (Å²) < 4.78 is 0. The van der Waals surface area contributed by atoms with Crippen molar-refractivity contribution in [3.05, 3.63) is 83.2 Å². The van der Waals surface area contributed by atoms with Crippen LogP contribution in [0.15, 0.2) is 60.8 Å². The van der Waals surface area contributed by atoms with Gasteiger partial charge in [-0.2, -0.15) is 0 Å². The zero-order chi connectivity index (χ0) is 19.4. The number of pyridine rings is 1. The van der Waals surface area contributed by atoms with E-state index in [9.17, 15) is 9.59 Å². The SMILES string of the molecule is CC(=O)c1cccc(NC(=O)c2cc(Nc3ccc(C)cc3C)ccn2)c1. The van der Waals surface area contributed by atoms with Crippen molar-refractivity contribution < 1.29 is 9.59 Å². The maximum absolute atomic E-state index is 12.5. The van der Waals surface area contributed by atoms with Crippen LogP contribution in [0.3, 0.4) is 0 Å². The van der Waals surface area contributed by atoms with E-state index in [1.807, 2.05) is 32.0 Å². The molecule has 5 heteroatoms. The fraction of sp³-hybridized carbons (Fsp3) is 0.136. The molecule has 0 bridgehead atoms. The fourth-order valence-corrected chi connectivity index (χ4v) is 2.75. The number of aromatic nitrogens is 1. The first-order chi connectivity index (χ1) is 12.9. The van der Waals surface area contributed by atoms with E-state index in [1.165, 1.54) is 12.5 Å². The van der Waals surface area contributed by atoms with Crippen molar-refractivity contribution in [3.63, 3.8) is 0 Å². The molecule has 0 aliphatic heterocycles. The Morgan fingerprint density at radius 3 is 2.48 bits per heavy atom. The number of anilines is 3. The van der Waals surface area contributed by atoms with Crippen LogP contribution in [0.4, 0.5) is 17.1 Å². The summed E-state index contributed by atoms with van der Waals surface area (Å²) in [5.41, 5.74) is 5.47. The number of hydrogen-bond acceptors (Lipinski definition) is 4. The van der Waals surface area contributed by atoms with Gasteiger partial charge in [-0.15, -0.1) is 0 Å². The molecule has 0 atom stereocenters. The van der Waals surface area contributed by atoms with Crippen LogP contribution in [0.2, 0.25) is 0 Å². The average molecular weight is 359 g/mol. The molecule has 2 aromatic carbocycles. The summed E-state index contributed by atoms with van der Waals surface area (Å²) in [6.07, 6.45) is 1.59. The highest BCUT2D eigenvalue weighted by atomic mass is 16.2. The summed E-state index contributed by atoms with van der Waals surface area (Å²) in [6.45, 7) is 5.57. The molecule has 0 aliphatic rings. The monoisotopic (exact) mass is 359 g/mol. The molecule has 3 aromatic rings. The highest BCUT2D eigenvalue weighted by Crippen LogP contribution is 2.22. The number of amides is 1. The molecule has 0 unspecified atom stereocenters.